The third-order valence-electron chi connectivity index (χ3n) is 6.35. The van der Waals surface area contributed by atoms with Gasteiger partial charge < -0.3 is 9.30 Å². The number of nitrogens with zero attached hydrogens (tertiary/aromatic N) is 4. The molecule has 0 bridgehead atoms. The summed E-state index contributed by atoms with van der Waals surface area (Å²) >= 11 is 1.01. The summed E-state index contributed by atoms with van der Waals surface area (Å²) in [6, 6.07) is 17.0. The fourth-order valence-electron chi connectivity index (χ4n) is 4.40. The highest BCUT2D eigenvalue weighted by atomic mass is 32.2. The van der Waals surface area contributed by atoms with E-state index in [9.17, 15) is 28.1 Å². The minimum absolute atomic E-state index is 0.0469. The summed E-state index contributed by atoms with van der Waals surface area (Å²) in [5.74, 6) is -1.25. The van der Waals surface area contributed by atoms with E-state index in [-0.39, 0.29) is 27.5 Å². The number of nitro benzene ring substituents is 1. The third kappa shape index (κ3) is 5.05. The Kier molecular flexibility index (Phi) is 7.02. The molecule has 0 saturated carbocycles. The number of carbonyl (C=O) groups excluding carboxylic acids is 2. The van der Waals surface area contributed by atoms with Gasteiger partial charge in [-0.15, -0.1) is 0 Å². The number of amides is 1. The molecule has 2 heterocycles. The quantitative estimate of drug-likeness (QED) is 0.197. The molecule has 13 heteroatoms. The van der Waals surface area contributed by atoms with Gasteiger partial charge in [-0.3, -0.25) is 24.0 Å². The van der Waals surface area contributed by atoms with Crippen LogP contribution in [0, 0.1) is 10.1 Å². The van der Waals surface area contributed by atoms with Crippen LogP contribution >= 0.6 is 11.3 Å². The van der Waals surface area contributed by atoms with Gasteiger partial charge in [0.1, 0.15) is 6.54 Å². The topological polar surface area (TPSA) is 141 Å². The van der Waals surface area contributed by atoms with E-state index in [0.717, 1.165) is 23.3 Å². The Balaban J connectivity index is 1.48. The van der Waals surface area contributed by atoms with Crippen LogP contribution in [0.15, 0.2) is 76.6 Å². The molecule has 0 unspecified atom stereocenters. The largest absolute Gasteiger partial charge is 0.468 e. The SMILES string of the molecule is COC(=O)Cn1c(=NC(=O)c2ccc(S(=O)(=O)N3CCCc4ccccc43)cc2)sc2cc([N+](=O)[O-])ccc21. The van der Waals surface area contributed by atoms with Crippen LogP contribution in [0.3, 0.4) is 0 Å². The van der Waals surface area contributed by atoms with Gasteiger partial charge in [0.15, 0.2) is 4.80 Å². The van der Waals surface area contributed by atoms with Gasteiger partial charge in [0.2, 0.25) is 0 Å². The molecule has 200 valence electrons. The summed E-state index contributed by atoms with van der Waals surface area (Å²) in [5.41, 5.74) is 2.10. The van der Waals surface area contributed by atoms with Crippen LogP contribution in [0.2, 0.25) is 0 Å². The number of sulfonamides is 1. The number of methoxy groups -OCH3 is 1. The normalized spacial score (nSPS) is 13.8. The molecule has 0 spiro atoms. The van der Waals surface area contributed by atoms with E-state index in [4.69, 9.17) is 4.74 Å². The highest BCUT2D eigenvalue weighted by Gasteiger charge is 2.29. The van der Waals surface area contributed by atoms with Crippen molar-refractivity contribution in [2.75, 3.05) is 18.0 Å². The number of aryl methyl sites for hydroxylation is 1. The standard InChI is InChI=1S/C26H22N4O7S2/c1-37-24(31)16-28-22-13-10-19(30(33)34)15-23(22)38-26(28)27-25(32)18-8-11-20(12-9-18)39(35,36)29-14-4-6-17-5-2-3-7-21(17)29/h2-3,5,7-13,15H,4,6,14,16H2,1H3. The number of anilines is 1. The molecule has 4 aromatic rings. The molecule has 1 aliphatic heterocycles. The molecule has 0 aliphatic carbocycles. The van der Waals surface area contributed by atoms with Gasteiger partial charge in [-0.2, -0.15) is 4.99 Å². The molecule has 5 rings (SSSR count). The third-order valence-corrected chi connectivity index (χ3v) is 9.21. The lowest BCUT2D eigenvalue weighted by Crippen LogP contribution is -2.35. The van der Waals surface area contributed by atoms with E-state index < -0.39 is 26.8 Å². The smallest absolute Gasteiger partial charge is 0.325 e. The number of nitro groups is 1. The molecule has 0 fully saturated rings. The minimum Gasteiger partial charge on any atom is -0.468 e. The predicted octanol–water partition coefficient (Wildman–Crippen LogP) is 3.67. The van der Waals surface area contributed by atoms with Gasteiger partial charge in [-0.25, -0.2) is 8.42 Å². The van der Waals surface area contributed by atoms with E-state index >= 15 is 0 Å². The van der Waals surface area contributed by atoms with Gasteiger partial charge in [0.25, 0.3) is 21.6 Å². The van der Waals surface area contributed by atoms with Gasteiger partial charge in [0.05, 0.1) is 32.8 Å². The van der Waals surface area contributed by atoms with Crippen LogP contribution < -0.4 is 9.11 Å². The fourth-order valence-corrected chi connectivity index (χ4v) is 7.01. The van der Waals surface area contributed by atoms with Crippen molar-refractivity contribution >= 4 is 54.8 Å². The Bertz CT molecular complexity index is 1790. The molecule has 0 radical (unpaired) electrons. The van der Waals surface area contributed by atoms with Crippen molar-refractivity contribution in [3.05, 3.63) is 92.8 Å². The summed E-state index contributed by atoms with van der Waals surface area (Å²) in [7, 11) is -2.62. The molecule has 39 heavy (non-hydrogen) atoms. The van der Waals surface area contributed by atoms with Gasteiger partial charge in [-0.1, -0.05) is 29.5 Å². The number of non-ortho nitro benzene ring substituents is 1. The van der Waals surface area contributed by atoms with Crippen LogP contribution in [0.4, 0.5) is 11.4 Å². The average molecular weight is 567 g/mol. The summed E-state index contributed by atoms with van der Waals surface area (Å²) in [6.45, 7) is 0.106. The number of carbonyl (C=O) groups is 2. The molecule has 1 aliphatic rings. The van der Waals surface area contributed by atoms with Gasteiger partial charge >= 0.3 is 5.97 Å². The first-order chi connectivity index (χ1) is 18.7. The first-order valence-corrected chi connectivity index (χ1v) is 14.1. The van der Waals surface area contributed by atoms with Gasteiger partial charge in [0, 0.05) is 24.2 Å². The lowest BCUT2D eigenvalue weighted by atomic mass is 10.0. The number of aromatic nitrogens is 1. The first kappa shape index (κ1) is 26.3. The Hall–Kier alpha value is -4.36. The Morgan fingerprint density at radius 2 is 1.85 bits per heavy atom. The molecular weight excluding hydrogens is 544 g/mol. The average Bonchev–Trinajstić information content (AvgIpc) is 3.28. The van der Waals surface area contributed by atoms with Crippen molar-refractivity contribution < 1.29 is 27.7 Å². The maximum atomic E-state index is 13.4. The van der Waals surface area contributed by atoms with E-state index in [1.54, 1.807) is 12.1 Å². The first-order valence-electron chi connectivity index (χ1n) is 11.8. The van der Waals surface area contributed by atoms with Crippen molar-refractivity contribution in [1.29, 1.82) is 0 Å². The molecule has 0 atom stereocenters. The van der Waals surface area contributed by atoms with Crippen LogP contribution in [0.1, 0.15) is 22.3 Å². The second-order valence-corrected chi connectivity index (χ2v) is 11.6. The second-order valence-electron chi connectivity index (χ2n) is 8.71. The molecular formula is C26H22N4O7S2. The maximum Gasteiger partial charge on any atom is 0.325 e. The summed E-state index contributed by atoms with van der Waals surface area (Å²) in [4.78, 5) is 40.0. The number of hydrogen-bond acceptors (Lipinski definition) is 8. The molecule has 0 N–H and O–H groups in total. The molecule has 11 nitrogen and oxygen atoms in total. The van der Waals surface area contributed by atoms with Crippen molar-refractivity contribution in [3.63, 3.8) is 0 Å². The molecule has 1 amide bonds. The lowest BCUT2D eigenvalue weighted by molar-refractivity contribution is -0.384. The van der Waals surface area contributed by atoms with Crippen LogP contribution in [-0.4, -0.2) is 43.4 Å². The highest BCUT2D eigenvalue weighted by molar-refractivity contribution is 7.92. The number of hydrogen-bond donors (Lipinski definition) is 0. The van der Waals surface area contributed by atoms with Crippen molar-refractivity contribution in [2.24, 2.45) is 4.99 Å². The van der Waals surface area contributed by atoms with E-state index in [2.05, 4.69) is 4.99 Å². The zero-order valence-electron chi connectivity index (χ0n) is 20.6. The van der Waals surface area contributed by atoms with Crippen LogP contribution in [-0.2, 0) is 32.5 Å². The van der Waals surface area contributed by atoms with Crippen molar-refractivity contribution in [2.45, 2.75) is 24.3 Å². The Morgan fingerprint density at radius 1 is 1.10 bits per heavy atom. The second kappa shape index (κ2) is 10.4. The number of thiazole rings is 1. The lowest BCUT2D eigenvalue weighted by Gasteiger charge is -2.30. The predicted molar refractivity (Wildman–Crippen MR) is 144 cm³/mol. The Morgan fingerprint density at radius 3 is 2.56 bits per heavy atom. The minimum atomic E-state index is -3.85. The number of para-hydroxylation sites is 1. The van der Waals surface area contributed by atoms with E-state index in [1.807, 2.05) is 12.1 Å². The number of benzene rings is 3. The fraction of sp³-hybridized carbons (Fsp3) is 0.192. The molecule has 0 saturated heterocycles. The zero-order chi connectivity index (χ0) is 27.7. The summed E-state index contributed by atoms with van der Waals surface area (Å²) in [6.07, 6.45) is 1.51. The number of ether oxygens (including phenoxy) is 1. The highest BCUT2D eigenvalue weighted by Crippen LogP contribution is 2.32. The van der Waals surface area contributed by atoms with Crippen LogP contribution in [0.25, 0.3) is 10.2 Å². The van der Waals surface area contributed by atoms with E-state index in [0.29, 0.717) is 28.9 Å². The van der Waals surface area contributed by atoms with Crippen molar-refractivity contribution in [1.82, 2.24) is 4.57 Å². The monoisotopic (exact) mass is 566 g/mol. The zero-order valence-corrected chi connectivity index (χ0v) is 22.3. The summed E-state index contributed by atoms with van der Waals surface area (Å²) < 4.78 is 34.8. The van der Waals surface area contributed by atoms with E-state index in [1.165, 1.54) is 58.4 Å². The molecule has 3 aromatic carbocycles. The number of rotatable bonds is 6. The molecule has 1 aromatic heterocycles. The Labute approximate surface area is 226 Å². The van der Waals surface area contributed by atoms with Crippen LogP contribution in [0.5, 0.6) is 0 Å². The van der Waals surface area contributed by atoms with Crippen molar-refractivity contribution in [3.8, 4) is 0 Å². The number of fused-ring (bicyclic) bond motifs is 2. The van der Waals surface area contributed by atoms with Gasteiger partial charge in [-0.05, 0) is 54.8 Å². The summed E-state index contributed by atoms with van der Waals surface area (Å²) in [5, 5.41) is 11.2. The number of esters is 1. The maximum absolute atomic E-state index is 13.4.